The van der Waals surface area contributed by atoms with Gasteiger partial charge in [-0.25, -0.2) is 9.79 Å². The van der Waals surface area contributed by atoms with E-state index in [1.807, 2.05) is 32.9 Å². The van der Waals surface area contributed by atoms with Crippen LogP contribution in [0.4, 0.5) is 4.79 Å². The number of nitrogens with one attached hydrogen (secondary N) is 2. The first-order valence-corrected chi connectivity index (χ1v) is 9.81. The van der Waals surface area contributed by atoms with Crippen LogP contribution in [0.1, 0.15) is 51.7 Å². The summed E-state index contributed by atoms with van der Waals surface area (Å²) in [6, 6.07) is 8.20. The largest absolute Gasteiger partial charge is 0.444 e. The lowest BCUT2D eigenvalue weighted by atomic mass is 10.1. The number of hydrogen-bond acceptors (Lipinski definition) is 3. The fourth-order valence-corrected chi connectivity index (χ4v) is 2.50. The van der Waals surface area contributed by atoms with Gasteiger partial charge >= 0.3 is 6.09 Å². The van der Waals surface area contributed by atoms with Crippen molar-refractivity contribution in [2.45, 2.75) is 59.2 Å². The molecule has 0 saturated heterocycles. The van der Waals surface area contributed by atoms with E-state index in [4.69, 9.17) is 4.74 Å². The topological polar surface area (TPSA) is 66.0 Å². The highest BCUT2D eigenvalue weighted by molar-refractivity contribution is 5.79. The summed E-state index contributed by atoms with van der Waals surface area (Å²) in [4.78, 5) is 18.3. The third-order valence-corrected chi connectivity index (χ3v) is 4.17. The lowest BCUT2D eigenvalue weighted by Crippen LogP contribution is -2.38. The second-order valence-corrected chi connectivity index (χ2v) is 8.17. The van der Waals surface area contributed by atoms with Crippen molar-refractivity contribution in [1.82, 2.24) is 15.5 Å². The van der Waals surface area contributed by atoms with E-state index in [2.05, 4.69) is 34.7 Å². The zero-order chi connectivity index (χ0) is 19.9. The van der Waals surface area contributed by atoms with Crippen molar-refractivity contribution in [2.75, 3.05) is 20.1 Å². The first-order chi connectivity index (χ1) is 12.8. The van der Waals surface area contributed by atoms with Gasteiger partial charge in [-0.3, -0.25) is 0 Å². The first kappa shape index (κ1) is 21.1. The van der Waals surface area contributed by atoms with E-state index in [-0.39, 0.29) is 6.09 Å². The molecule has 1 aliphatic carbocycles. The van der Waals surface area contributed by atoms with Crippen LogP contribution in [0.5, 0.6) is 0 Å². The standard InChI is InChI=1S/C21H34N4O2/c1-6-22-19(23-13-16-7-8-16)24-14-17-9-11-18(12-10-17)15-25(5)20(26)27-21(2,3)4/h9-12,16H,6-8,13-15H2,1-5H3,(H2,22,23,24). The van der Waals surface area contributed by atoms with Crippen molar-refractivity contribution in [1.29, 1.82) is 0 Å². The number of rotatable bonds is 7. The average Bonchev–Trinajstić information content (AvgIpc) is 3.41. The third kappa shape index (κ3) is 8.33. The zero-order valence-electron chi connectivity index (χ0n) is 17.3. The Bertz CT molecular complexity index is 631. The smallest absolute Gasteiger partial charge is 0.410 e. The molecule has 1 fully saturated rings. The van der Waals surface area contributed by atoms with Crippen LogP contribution in [-0.4, -0.2) is 42.7 Å². The minimum absolute atomic E-state index is 0.312. The van der Waals surface area contributed by atoms with E-state index >= 15 is 0 Å². The molecule has 150 valence electrons. The third-order valence-electron chi connectivity index (χ3n) is 4.17. The summed E-state index contributed by atoms with van der Waals surface area (Å²) < 4.78 is 5.38. The molecule has 2 N–H and O–H groups in total. The number of ether oxygens (including phenoxy) is 1. The summed E-state index contributed by atoms with van der Waals surface area (Å²) in [5.74, 6) is 1.69. The maximum Gasteiger partial charge on any atom is 0.410 e. The maximum absolute atomic E-state index is 12.1. The Hall–Kier alpha value is -2.24. The second-order valence-electron chi connectivity index (χ2n) is 8.17. The molecule has 6 heteroatoms. The summed E-state index contributed by atoms with van der Waals surface area (Å²) >= 11 is 0. The Labute approximate surface area is 163 Å². The average molecular weight is 375 g/mol. The molecule has 1 aromatic rings. The quantitative estimate of drug-likeness (QED) is 0.566. The maximum atomic E-state index is 12.1. The van der Waals surface area contributed by atoms with Crippen LogP contribution in [0.25, 0.3) is 0 Å². The fourth-order valence-electron chi connectivity index (χ4n) is 2.50. The Morgan fingerprint density at radius 1 is 1.19 bits per heavy atom. The Morgan fingerprint density at radius 3 is 2.37 bits per heavy atom. The number of carbonyl (C=O) groups is 1. The summed E-state index contributed by atoms with van der Waals surface area (Å²) in [6.07, 6.45) is 2.34. The Kier molecular flexibility index (Phi) is 7.51. The number of aliphatic imine (C=N–C) groups is 1. The lowest BCUT2D eigenvalue weighted by molar-refractivity contribution is 0.0285. The van der Waals surface area contributed by atoms with E-state index in [0.717, 1.165) is 36.1 Å². The molecule has 0 radical (unpaired) electrons. The molecule has 0 unspecified atom stereocenters. The highest BCUT2D eigenvalue weighted by atomic mass is 16.6. The second kappa shape index (κ2) is 9.62. The summed E-state index contributed by atoms with van der Waals surface area (Å²) in [5.41, 5.74) is 1.72. The van der Waals surface area contributed by atoms with Crippen molar-refractivity contribution in [3.8, 4) is 0 Å². The molecule has 1 aromatic carbocycles. The summed E-state index contributed by atoms with van der Waals surface area (Å²) in [7, 11) is 1.75. The SMILES string of the molecule is CCNC(=NCc1ccc(CN(C)C(=O)OC(C)(C)C)cc1)NCC1CC1. The van der Waals surface area contributed by atoms with Crippen LogP contribution in [0, 0.1) is 5.92 Å². The molecule has 0 spiro atoms. The first-order valence-electron chi connectivity index (χ1n) is 9.81. The Balaban J connectivity index is 1.85. The predicted molar refractivity (Wildman–Crippen MR) is 110 cm³/mol. The van der Waals surface area contributed by atoms with Gasteiger partial charge in [-0.05, 0) is 57.6 Å². The summed E-state index contributed by atoms with van der Waals surface area (Å²) in [6.45, 7) is 10.7. The molecule has 6 nitrogen and oxygen atoms in total. The van der Waals surface area contributed by atoms with Gasteiger partial charge in [0.25, 0.3) is 0 Å². The van der Waals surface area contributed by atoms with Crippen molar-refractivity contribution in [3.63, 3.8) is 0 Å². The highest BCUT2D eigenvalue weighted by Gasteiger charge is 2.21. The predicted octanol–water partition coefficient (Wildman–Crippen LogP) is 3.52. The van der Waals surface area contributed by atoms with Gasteiger partial charge in [0.1, 0.15) is 5.60 Å². The van der Waals surface area contributed by atoms with E-state index in [0.29, 0.717) is 13.1 Å². The van der Waals surface area contributed by atoms with Gasteiger partial charge in [0.2, 0.25) is 0 Å². The van der Waals surface area contributed by atoms with E-state index in [1.165, 1.54) is 12.8 Å². The molecule has 27 heavy (non-hydrogen) atoms. The minimum atomic E-state index is -0.481. The van der Waals surface area contributed by atoms with Crippen LogP contribution in [0.15, 0.2) is 29.3 Å². The Morgan fingerprint density at radius 2 is 1.81 bits per heavy atom. The monoisotopic (exact) mass is 374 g/mol. The van der Waals surface area contributed by atoms with Crippen LogP contribution in [-0.2, 0) is 17.8 Å². The van der Waals surface area contributed by atoms with Crippen LogP contribution < -0.4 is 10.6 Å². The molecular weight excluding hydrogens is 340 g/mol. The molecule has 1 saturated carbocycles. The van der Waals surface area contributed by atoms with Gasteiger partial charge < -0.3 is 20.3 Å². The van der Waals surface area contributed by atoms with Crippen LogP contribution in [0.3, 0.4) is 0 Å². The van der Waals surface area contributed by atoms with Crippen LogP contribution in [0.2, 0.25) is 0 Å². The molecule has 0 atom stereocenters. The van der Waals surface area contributed by atoms with Gasteiger partial charge in [-0.1, -0.05) is 24.3 Å². The van der Waals surface area contributed by atoms with Gasteiger partial charge in [0, 0.05) is 26.7 Å². The normalized spacial score (nSPS) is 14.6. The molecule has 0 aromatic heterocycles. The van der Waals surface area contributed by atoms with Gasteiger partial charge in [0.05, 0.1) is 6.54 Å². The van der Waals surface area contributed by atoms with Crippen LogP contribution >= 0.6 is 0 Å². The van der Waals surface area contributed by atoms with Gasteiger partial charge in [-0.2, -0.15) is 0 Å². The molecule has 0 heterocycles. The number of hydrogen-bond donors (Lipinski definition) is 2. The number of amides is 1. The van der Waals surface area contributed by atoms with Gasteiger partial charge in [0.15, 0.2) is 5.96 Å². The van der Waals surface area contributed by atoms with Crippen molar-refractivity contribution in [2.24, 2.45) is 10.9 Å². The number of guanidine groups is 1. The van der Waals surface area contributed by atoms with E-state index in [1.54, 1.807) is 11.9 Å². The highest BCUT2D eigenvalue weighted by Crippen LogP contribution is 2.27. The van der Waals surface area contributed by atoms with E-state index in [9.17, 15) is 4.79 Å². The molecule has 2 rings (SSSR count). The van der Waals surface area contributed by atoms with Gasteiger partial charge in [-0.15, -0.1) is 0 Å². The van der Waals surface area contributed by atoms with Crippen molar-refractivity contribution < 1.29 is 9.53 Å². The summed E-state index contributed by atoms with van der Waals surface area (Å²) in [5, 5.41) is 6.69. The molecule has 0 bridgehead atoms. The number of carbonyl (C=O) groups excluding carboxylic acids is 1. The van der Waals surface area contributed by atoms with E-state index < -0.39 is 5.60 Å². The van der Waals surface area contributed by atoms with Crippen molar-refractivity contribution in [3.05, 3.63) is 35.4 Å². The number of benzene rings is 1. The number of nitrogens with zero attached hydrogens (tertiary/aromatic N) is 2. The lowest BCUT2D eigenvalue weighted by Gasteiger charge is -2.24. The van der Waals surface area contributed by atoms with Crippen molar-refractivity contribution >= 4 is 12.1 Å². The fraction of sp³-hybridized carbons (Fsp3) is 0.619. The molecule has 1 aliphatic rings. The minimum Gasteiger partial charge on any atom is -0.444 e. The molecule has 0 aliphatic heterocycles. The molecular formula is C21H34N4O2. The molecule has 1 amide bonds. The zero-order valence-corrected chi connectivity index (χ0v) is 17.3.